The van der Waals surface area contributed by atoms with E-state index >= 15 is 0 Å². The topological polar surface area (TPSA) is 38.7 Å². The molecule has 10 heavy (non-hydrogen) atoms. The lowest BCUT2D eigenvalue weighted by Gasteiger charge is -2.22. The lowest BCUT2D eigenvalue weighted by atomic mass is 10.2. The molecule has 0 spiro atoms. The zero-order valence-corrected chi connectivity index (χ0v) is 5.99. The molecular formula is C7H12O3. The van der Waals surface area contributed by atoms with Crippen LogP contribution in [0.4, 0.5) is 0 Å². The molecule has 0 radical (unpaired) electrons. The van der Waals surface area contributed by atoms with Crippen molar-refractivity contribution in [3.8, 4) is 0 Å². The average Bonchev–Trinajstić information content (AvgIpc) is 2.05. The van der Waals surface area contributed by atoms with Gasteiger partial charge in [-0.25, -0.2) is 0 Å². The van der Waals surface area contributed by atoms with Crippen molar-refractivity contribution in [1.82, 2.24) is 0 Å². The Morgan fingerprint density at radius 2 is 2.60 bits per heavy atom. The Kier molecular flexibility index (Phi) is 2.86. The molecule has 2 atom stereocenters. The van der Waals surface area contributed by atoms with Crippen molar-refractivity contribution in [2.75, 3.05) is 13.7 Å². The van der Waals surface area contributed by atoms with Crippen LogP contribution in [0.1, 0.15) is 6.42 Å². The van der Waals surface area contributed by atoms with Gasteiger partial charge in [-0.2, -0.15) is 0 Å². The van der Waals surface area contributed by atoms with Gasteiger partial charge in [0.15, 0.2) is 6.29 Å². The van der Waals surface area contributed by atoms with Crippen LogP contribution in [0.15, 0.2) is 12.2 Å². The summed E-state index contributed by atoms with van der Waals surface area (Å²) in [6.45, 7) is 0.0597. The quantitative estimate of drug-likeness (QED) is 0.566. The number of rotatable bonds is 2. The van der Waals surface area contributed by atoms with Gasteiger partial charge < -0.3 is 14.6 Å². The zero-order valence-electron chi connectivity index (χ0n) is 5.99. The fourth-order valence-electron chi connectivity index (χ4n) is 0.884. The highest BCUT2D eigenvalue weighted by Crippen LogP contribution is 2.11. The summed E-state index contributed by atoms with van der Waals surface area (Å²) in [6.07, 6.45) is 4.21. The molecule has 0 amide bonds. The van der Waals surface area contributed by atoms with Crippen LogP contribution in [0.25, 0.3) is 0 Å². The second-order valence-electron chi connectivity index (χ2n) is 2.21. The average molecular weight is 144 g/mol. The number of ether oxygens (including phenoxy) is 2. The van der Waals surface area contributed by atoms with Gasteiger partial charge in [-0.15, -0.1) is 0 Å². The summed E-state index contributed by atoms with van der Waals surface area (Å²) >= 11 is 0. The van der Waals surface area contributed by atoms with E-state index in [-0.39, 0.29) is 19.0 Å². The molecule has 1 aliphatic heterocycles. The van der Waals surface area contributed by atoms with Gasteiger partial charge in [0.05, 0.1) is 12.7 Å². The van der Waals surface area contributed by atoms with E-state index in [1.807, 2.05) is 12.2 Å². The van der Waals surface area contributed by atoms with Gasteiger partial charge in [0.25, 0.3) is 0 Å². The number of aliphatic hydroxyl groups is 1. The molecule has 0 fully saturated rings. The Bertz CT molecular complexity index is 122. The van der Waals surface area contributed by atoms with E-state index in [0.29, 0.717) is 0 Å². The Morgan fingerprint density at radius 3 is 3.20 bits per heavy atom. The maximum absolute atomic E-state index is 8.69. The summed E-state index contributed by atoms with van der Waals surface area (Å²) in [6, 6.07) is 0. The summed E-state index contributed by atoms with van der Waals surface area (Å²) in [5, 5.41) is 8.69. The van der Waals surface area contributed by atoms with Crippen LogP contribution in [0.2, 0.25) is 0 Å². The minimum absolute atomic E-state index is 0.0597. The van der Waals surface area contributed by atoms with Crippen LogP contribution >= 0.6 is 0 Å². The fraction of sp³-hybridized carbons (Fsp3) is 0.714. The Labute approximate surface area is 60.3 Å². The van der Waals surface area contributed by atoms with Crippen molar-refractivity contribution in [2.45, 2.75) is 18.8 Å². The van der Waals surface area contributed by atoms with Crippen molar-refractivity contribution in [2.24, 2.45) is 0 Å². The smallest absolute Gasteiger partial charge is 0.176 e. The van der Waals surface area contributed by atoms with Crippen LogP contribution in [0.3, 0.4) is 0 Å². The minimum Gasteiger partial charge on any atom is -0.394 e. The van der Waals surface area contributed by atoms with E-state index in [9.17, 15) is 0 Å². The molecule has 0 unspecified atom stereocenters. The van der Waals surface area contributed by atoms with Crippen LogP contribution in [-0.2, 0) is 9.47 Å². The molecule has 3 nitrogen and oxygen atoms in total. The SMILES string of the molecule is CO[C@@H]1C=CC[C@H](CO)O1. The Hall–Kier alpha value is -0.380. The molecule has 0 aliphatic carbocycles. The highest BCUT2D eigenvalue weighted by molar-refractivity contribution is 4.92. The van der Waals surface area contributed by atoms with Gasteiger partial charge >= 0.3 is 0 Å². The van der Waals surface area contributed by atoms with E-state index in [1.54, 1.807) is 7.11 Å². The number of methoxy groups -OCH3 is 1. The number of hydrogen-bond donors (Lipinski definition) is 1. The normalized spacial score (nSPS) is 32.6. The molecule has 0 saturated carbocycles. The first-order valence-corrected chi connectivity index (χ1v) is 3.32. The highest BCUT2D eigenvalue weighted by atomic mass is 16.7. The van der Waals surface area contributed by atoms with E-state index in [4.69, 9.17) is 14.6 Å². The van der Waals surface area contributed by atoms with E-state index in [0.717, 1.165) is 6.42 Å². The summed E-state index contributed by atoms with van der Waals surface area (Å²) in [5.41, 5.74) is 0. The third kappa shape index (κ3) is 1.80. The molecular weight excluding hydrogens is 132 g/mol. The lowest BCUT2D eigenvalue weighted by molar-refractivity contribution is -0.141. The van der Waals surface area contributed by atoms with E-state index in [2.05, 4.69) is 0 Å². The van der Waals surface area contributed by atoms with Crippen LogP contribution in [-0.4, -0.2) is 31.2 Å². The van der Waals surface area contributed by atoms with Gasteiger partial charge in [-0.05, 0) is 12.5 Å². The monoisotopic (exact) mass is 144 g/mol. The van der Waals surface area contributed by atoms with Gasteiger partial charge in [0, 0.05) is 7.11 Å². The van der Waals surface area contributed by atoms with Crippen LogP contribution in [0, 0.1) is 0 Å². The molecule has 1 aliphatic rings. The fourth-order valence-corrected chi connectivity index (χ4v) is 0.884. The summed E-state index contributed by atoms with van der Waals surface area (Å²) < 4.78 is 10.1. The van der Waals surface area contributed by atoms with Gasteiger partial charge in [0.2, 0.25) is 0 Å². The summed E-state index contributed by atoms with van der Waals surface area (Å²) in [5.74, 6) is 0. The van der Waals surface area contributed by atoms with Crippen molar-refractivity contribution in [1.29, 1.82) is 0 Å². The zero-order chi connectivity index (χ0) is 7.40. The van der Waals surface area contributed by atoms with Crippen LogP contribution < -0.4 is 0 Å². The summed E-state index contributed by atoms with van der Waals surface area (Å²) in [4.78, 5) is 0. The molecule has 0 aromatic carbocycles. The third-order valence-corrected chi connectivity index (χ3v) is 1.45. The number of hydrogen-bond acceptors (Lipinski definition) is 3. The maximum atomic E-state index is 8.69. The molecule has 0 bridgehead atoms. The molecule has 58 valence electrons. The molecule has 3 heteroatoms. The molecule has 0 aromatic heterocycles. The van der Waals surface area contributed by atoms with Gasteiger partial charge in [0.1, 0.15) is 0 Å². The molecule has 1 N–H and O–H groups in total. The van der Waals surface area contributed by atoms with E-state index in [1.165, 1.54) is 0 Å². The second-order valence-corrected chi connectivity index (χ2v) is 2.21. The van der Waals surface area contributed by atoms with Gasteiger partial charge in [-0.3, -0.25) is 0 Å². The standard InChI is InChI=1S/C7H12O3/c1-9-7-4-2-3-6(5-8)10-7/h2,4,6-8H,3,5H2,1H3/t6-,7+/m1/s1. The molecule has 1 rings (SSSR count). The highest BCUT2D eigenvalue weighted by Gasteiger charge is 2.15. The Balaban J connectivity index is 2.38. The Morgan fingerprint density at radius 1 is 1.80 bits per heavy atom. The van der Waals surface area contributed by atoms with Crippen molar-refractivity contribution in [3.05, 3.63) is 12.2 Å². The lowest BCUT2D eigenvalue weighted by Crippen LogP contribution is -2.27. The molecule has 0 saturated heterocycles. The predicted octanol–water partition coefficient (Wildman–Crippen LogP) is 0.296. The maximum Gasteiger partial charge on any atom is 0.176 e. The summed E-state index contributed by atoms with van der Waals surface area (Å²) in [7, 11) is 1.58. The van der Waals surface area contributed by atoms with Crippen molar-refractivity contribution < 1.29 is 14.6 Å². The second kappa shape index (κ2) is 3.71. The largest absolute Gasteiger partial charge is 0.394 e. The van der Waals surface area contributed by atoms with E-state index < -0.39 is 0 Å². The minimum atomic E-state index is -0.272. The van der Waals surface area contributed by atoms with Crippen molar-refractivity contribution in [3.63, 3.8) is 0 Å². The van der Waals surface area contributed by atoms with Crippen molar-refractivity contribution >= 4 is 0 Å². The predicted molar refractivity (Wildman–Crippen MR) is 36.5 cm³/mol. The molecule has 0 aromatic rings. The first-order chi connectivity index (χ1) is 4.86. The first-order valence-electron chi connectivity index (χ1n) is 3.32. The third-order valence-electron chi connectivity index (χ3n) is 1.45. The van der Waals surface area contributed by atoms with Crippen LogP contribution in [0.5, 0.6) is 0 Å². The van der Waals surface area contributed by atoms with Gasteiger partial charge in [-0.1, -0.05) is 6.08 Å². The first kappa shape index (κ1) is 7.72. The molecule has 1 heterocycles. The number of aliphatic hydroxyl groups excluding tert-OH is 1.